The number of nitrogens with two attached hydrogens (primary N) is 1. The molecule has 2 atom stereocenters. The molecule has 3 heteroatoms. The van der Waals surface area contributed by atoms with Gasteiger partial charge in [0.25, 0.3) is 0 Å². The van der Waals surface area contributed by atoms with Crippen molar-refractivity contribution in [1.82, 2.24) is 4.90 Å². The summed E-state index contributed by atoms with van der Waals surface area (Å²) < 4.78 is 0. The molecule has 1 fully saturated rings. The zero-order valence-corrected chi connectivity index (χ0v) is 12.7. The second kappa shape index (κ2) is 5.93. The van der Waals surface area contributed by atoms with Crippen molar-refractivity contribution in [1.29, 1.82) is 0 Å². The number of benzene rings is 1. The van der Waals surface area contributed by atoms with Crippen molar-refractivity contribution >= 4 is 5.69 Å². The molecule has 0 saturated carbocycles. The maximum Gasteiger partial charge on any atom is 0.0369 e. The lowest BCUT2D eigenvalue weighted by atomic mass is 10.0. The van der Waals surface area contributed by atoms with E-state index in [1.807, 2.05) is 0 Å². The molecule has 106 valence electrons. The van der Waals surface area contributed by atoms with Gasteiger partial charge in [-0.1, -0.05) is 6.07 Å². The zero-order chi connectivity index (χ0) is 14.0. The van der Waals surface area contributed by atoms with Crippen molar-refractivity contribution in [3.05, 3.63) is 29.3 Å². The van der Waals surface area contributed by atoms with Crippen LogP contribution in [0.15, 0.2) is 18.2 Å². The van der Waals surface area contributed by atoms with Crippen LogP contribution in [-0.2, 0) is 6.42 Å². The Kier molecular flexibility index (Phi) is 4.48. The van der Waals surface area contributed by atoms with E-state index in [2.05, 4.69) is 55.9 Å². The van der Waals surface area contributed by atoms with Crippen molar-refractivity contribution in [2.24, 2.45) is 5.73 Å². The normalized spacial score (nSPS) is 21.2. The van der Waals surface area contributed by atoms with Gasteiger partial charge in [-0.25, -0.2) is 0 Å². The van der Waals surface area contributed by atoms with E-state index in [0.717, 1.165) is 19.5 Å². The maximum absolute atomic E-state index is 5.89. The molecule has 0 aliphatic carbocycles. The second-order valence-electron chi connectivity index (χ2n) is 6.14. The summed E-state index contributed by atoms with van der Waals surface area (Å²) in [6.07, 6.45) is 2.22. The summed E-state index contributed by atoms with van der Waals surface area (Å²) in [5.74, 6) is 0. The van der Waals surface area contributed by atoms with Gasteiger partial charge in [0.05, 0.1) is 0 Å². The topological polar surface area (TPSA) is 32.5 Å². The summed E-state index contributed by atoms with van der Waals surface area (Å²) in [5, 5.41) is 0. The summed E-state index contributed by atoms with van der Waals surface area (Å²) >= 11 is 0. The largest absolute Gasteiger partial charge is 0.370 e. The number of likely N-dealkylation sites (N-methyl/N-ethyl adjacent to an activating group) is 1. The van der Waals surface area contributed by atoms with Gasteiger partial charge in [0.1, 0.15) is 0 Å². The first-order valence-corrected chi connectivity index (χ1v) is 7.24. The number of aryl methyl sites for hydroxylation is 1. The van der Waals surface area contributed by atoms with Crippen LogP contribution in [0.25, 0.3) is 0 Å². The Bertz CT molecular complexity index is 426. The molecule has 19 heavy (non-hydrogen) atoms. The van der Waals surface area contributed by atoms with Gasteiger partial charge in [0.2, 0.25) is 0 Å². The highest BCUT2D eigenvalue weighted by Gasteiger charge is 2.24. The molecule has 0 spiro atoms. The molecule has 1 aromatic carbocycles. The Hall–Kier alpha value is -1.06. The van der Waals surface area contributed by atoms with Crippen LogP contribution < -0.4 is 10.6 Å². The monoisotopic (exact) mass is 261 g/mol. The lowest BCUT2D eigenvalue weighted by Gasteiger charge is -2.23. The van der Waals surface area contributed by atoms with Gasteiger partial charge in [0.15, 0.2) is 0 Å². The van der Waals surface area contributed by atoms with Crippen LogP contribution in [0.2, 0.25) is 0 Å². The summed E-state index contributed by atoms with van der Waals surface area (Å²) in [6.45, 7) is 6.56. The summed E-state index contributed by atoms with van der Waals surface area (Å²) in [5.41, 5.74) is 9.99. The molecule has 0 aromatic heterocycles. The standard InChI is InChI=1S/C16H27N3/c1-12-9-15(6-5-14(12)10-13(2)17)19-8-7-16(11-19)18(3)4/h5-6,9,13,16H,7-8,10-11,17H2,1-4H3. The van der Waals surface area contributed by atoms with Gasteiger partial charge in [-0.3, -0.25) is 0 Å². The van der Waals surface area contributed by atoms with E-state index < -0.39 is 0 Å². The highest BCUT2D eigenvalue weighted by atomic mass is 15.2. The highest BCUT2D eigenvalue weighted by Crippen LogP contribution is 2.25. The number of hydrogen-bond acceptors (Lipinski definition) is 3. The van der Waals surface area contributed by atoms with E-state index in [0.29, 0.717) is 6.04 Å². The molecule has 2 N–H and O–H groups in total. The fourth-order valence-electron chi connectivity index (χ4n) is 2.85. The first-order valence-electron chi connectivity index (χ1n) is 7.24. The van der Waals surface area contributed by atoms with E-state index in [1.165, 1.54) is 23.2 Å². The lowest BCUT2D eigenvalue weighted by molar-refractivity contribution is 0.315. The molecule has 3 nitrogen and oxygen atoms in total. The van der Waals surface area contributed by atoms with Crippen LogP contribution >= 0.6 is 0 Å². The van der Waals surface area contributed by atoms with Crippen molar-refractivity contribution in [3.63, 3.8) is 0 Å². The van der Waals surface area contributed by atoms with Crippen LogP contribution in [0.3, 0.4) is 0 Å². The Labute approximate surface area is 117 Å². The molecule has 0 bridgehead atoms. The number of hydrogen-bond donors (Lipinski definition) is 1. The Morgan fingerprint density at radius 3 is 2.68 bits per heavy atom. The average Bonchev–Trinajstić information content (AvgIpc) is 2.80. The average molecular weight is 261 g/mol. The minimum absolute atomic E-state index is 0.231. The first-order chi connectivity index (χ1) is 8.97. The van der Waals surface area contributed by atoms with Crippen LogP contribution in [0.5, 0.6) is 0 Å². The molecule has 2 rings (SSSR count). The van der Waals surface area contributed by atoms with E-state index in [1.54, 1.807) is 0 Å². The fraction of sp³-hybridized carbons (Fsp3) is 0.625. The van der Waals surface area contributed by atoms with Crippen LogP contribution in [-0.4, -0.2) is 44.2 Å². The van der Waals surface area contributed by atoms with Gasteiger partial charge >= 0.3 is 0 Å². The zero-order valence-electron chi connectivity index (χ0n) is 12.7. The van der Waals surface area contributed by atoms with Crippen molar-refractivity contribution < 1.29 is 0 Å². The number of anilines is 1. The Morgan fingerprint density at radius 1 is 1.42 bits per heavy atom. The third kappa shape index (κ3) is 3.48. The predicted molar refractivity (Wildman–Crippen MR) is 82.8 cm³/mol. The molecule has 0 radical (unpaired) electrons. The van der Waals surface area contributed by atoms with Crippen LogP contribution in [0, 0.1) is 6.92 Å². The van der Waals surface area contributed by atoms with Crippen LogP contribution in [0.1, 0.15) is 24.5 Å². The van der Waals surface area contributed by atoms with E-state index in [4.69, 9.17) is 5.73 Å². The van der Waals surface area contributed by atoms with E-state index in [9.17, 15) is 0 Å². The van der Waals surface area contributed by atoms with Crippen molar-refractivity contribution in [3.8, 4) is 0 Å². The third-order valence-corrected chi connectivity index (χ3v) is 4.13. The molecule has 1 heterocycles. The summed E-state index contributed by atoms with van der Waals surface area (Å²) in [6, 6.07) is 7.73. The van der Waals surface area contributed by atoms with Gasteiger partial charge in [-0.15, -0.1) is 0 Å². The fourth-order valence-corrected chi connectivity index (χ4v) is 2.85. The molecule has 1 aromatic rings. The molecule has 1 aliphatic rings. The third-order valence-electron chi connectivity index (χ3n) is 4.13. The first kappa shape index (κ1) is 14.4. The quantitative estimate of drug-likeness (QED) is 0.900. The highest BCUT2D eigenvalue weighted by molar-refractivity contribution is 5.52. The Balaban J connectivity index is 2.08. The van der Waals surface area contributed by atoms with Gasteiger partial charge in [-0.05, 0) is 64.0 Å². The predicted octanol–water partition coefficient (Wildman–Crippen LogP) is 2.03. The molecule has 0 amide bonds. The van der Waals surface area contributed by atoms with E-state index in [-0.39, 0.29) is 6.04 Å². The number of rotatable bonds is 4. The van der Waals surface area contributed by atoms with Gasteiger partial charge in [0, 0.05) is 30.9 Å². The Morgan fingerprint density at radius 2 is 2.16 bits per heavy atom. The molecule has 1 aliphatic heterocycles. The van der Waals surface area contributed by atoms with Crippen molar-refractivity contribution in [2.75, 3.05) is 32.1 Å². The smallest absolute Gasteiger partial charge is 0.0369 e. The van der Waals surface area contributed by atoms with Gasteiger partial charge < -0.3 is 15.5 Å². The van der Waals surface area contributed by atoms with Crippen molar-refractivity contribution in [2.45, 2.75) is 38.8 Å². The summed E-state index contributed by atoms with van der Waals surface area (Å²) in [7, 11) is 4.34. The maximum atomic E-state index is 5.89. The SMILES string of the molecule is Cc1cc(N2CCC(N(C)C)C2)ccc1CC(C)N. The van der Waals surface area contributed by atoms with E-state index >= 15 is 0 Å². The van der Waals surface area contributed by atoms with Crippen LogP contribution in [0.4, 0.5) is 5.69 Å². The molecular formula is C16H27N3. The van der Waals surface area contributed by atoms with Gasteiger partial charge in [-0.2, -0.15) is 0 Å². The summed E-state index contributed by atoms with van der Waals surface area (Å²) in [4.78, 5) is 4.82. The lowest BCUT2D eigenvalue weighted by Crippen LogP contribution is -2.31. The minimum Gasteiger partial charge on any atom is -0.370 e. The number of nitrogens with zero attached hydrogens (tertiary/aromatic N) is 2. The molecule has 1 saturated heterocycles. The molecular weight excluding hydrogens is 234 g/mol. The minimum atomic E-state index is 0.231. The molecule has 2 unspecified atom stereocenters. The second-order valence-corrected chi connectivity index (χ2v) is 6.14.